The van der Waals surface area contributed by atoms with Crippen molar-refractivity contribution in [2.24, 2.45) is 0 Å². The molecule has 1 aromatic carbocycles. The second-order valence-electron chi connectivity index (χ2n) is 4.16. The third-order valence-corrected chi connectivity index (χ3v) is 4.24. The molecule has 1 heterocycles. The molecule has 0 saturated carbocycles. The van der Waals surface area contributed by atoms with Gasteiger partial charge in [0.05, 0.1) is 11.1 Å². The van der Waals surface area contributed by atoms with Crippen LogP contribution in [0.5, 0.6) is 0 Å². The number of hydrogen-bond donors (Lipinski definition) is 0. The Morgan fingerprint density at radius 2 is 1.82 bits per heavy atom. The molecule has 0 aliphatic carbocycles. The number of benzene rings is 1. The molecule has 0 spiro atoms. The van der Waals surface area contributed by atoms with Gasteiger partial charge < -0.3 is 0 Å². The normalized spacial score (nSPS) is 11.7. The van der Waals surface area contributed by atoms with Gasteiger partial charge in [0, 0.05) is 6.20 Å². The Morgan fingerprint density at radius 3 is 2.41 bits per heavy atom. The van der Waals surface area contributed by atoms with Crippen LogP contribution in [0.25, 0.3) is 0 Å². The average molecular weight is 250 g/mol. The van der Waals surface area contributed by atoms with E-state index in [0.717, 1.165) is 20.8 Å². The standard InChI is InChI=1S/C12H14N2O2S/c1-9-4-5-11(3)12(6-9)17(15,16)14-8-10(2)7-13-14/h4-8H,1-3H3. The maximum absolute atomic E-state index is 12.3. The Labute approximate surface area is 101 Å². The Bertz CT molecular complexity index is 657. The fraction of sp³-hybridized carbons (Fsp3) is 0.250. The first kappa shape index (κ1) is 11.9. The van der Waals surface area contributed by atoms with Crippen molar-refractivity contribution in [2.75, 3.05) is 0 Å². The third-order valence-electron chi connectivity index (χ3n) is 2.56. The summed E-state index contributed by atoms with van der Waals surface area (Å²) in [7, 11) is -3.57. The van der Waals surface area contributed by atoms with Crippen LogP contribution in [0.2, 0.25) is 0 Å². The smallest absolute Gasteiger partial charge is 0.199 e. The lowest BCUT2D eigenvalue weighted by Crippen LogP contribution is -2.14. The second-order valence-corrected chi connectivity index (χ2v) is 5.93. The summed E-state index contributed by atoms with van der Waals surface area (Å²) in [5.41, 5.74) is 2.46. The molecule has 1 aromatic heterocycles. The van der Waals surface area contributed by atoms with Gasteiger partial charge in [0.25, 0.3) is 10.0 Å². The van der Waals surface area contributed by atoms with Crippen LogP contribution in [-0.4, -0.2) is 17.6 Å². The van der Waals surface area contributed by atoms with Crippen molar-refractivity contribution in [2.45, 2.75) is 25.7 Å². The Kier molecular flexibility index (Phi) is 2.79. The van der Waals surface area contributed by atoms with Gasteiger partial charge in [-0.15, -0.1) is 0 Å². The molecule has 0 fully saturated rings. The first-order valence-corrected chi connectivity index (χ1v) is 6.69. The summed E-state index contributed by atoms with van der Waals surface area (Å²) in [5.74, 6) is 0. The molecule has 0 radical (unpaired) electrons. The lowest BCUT2D eigenvalue weighted by atomic mass is 10.2. The average Bonchev–Trinajstić information content (AvgIpc) is 2.69. The number of hydrogen-bond acceptors (Lipinski definition) is 3. The van der Waals surface area contributed by atoms with E-state index in [0.29, 0.717) is 4.90 Å². The minimum absolute atomic E-state index is 0.306. The van der Waals surface area contributed by atoms with Crippen molar-refractivity contribution in [3.8, 4) is 0 Å². The Morgan fingerprint density at radius 1 is 1.12 bits per heavy atom. The van der Waals surface area contributed by atoms with Gasteiger partial charge in [-0.2, -0.15) is 17.6 Å². The molecule has 0 unspecified atom stereocenters. The highest BCUT2D eigenvalue weighted by Crippen LogP contribution is 2.19. The van der Waals surface area contributed by atoms with E-state index in [1.54, 1.807) is 19.1 Å². The van der Waals surface area contributed by atoms with E-state index in [1.165, 1.54) is 12.4 Å². The minimum Gasteiger partial charge on any atom is -0.199 e. The van der Waals surface area contributed by atoms with Crippen LogP contribution >= 0.6 is 0 Å². The molecule has 0 bridgehead atoms. The summed E-state index contributed by atoms with van der Waals surface area (Å²) in [6.45, 7) is 5.46. The molecule has 0 saturated heterocycles. The predicted octanol–water partition coefficient (Wildman–Crippen LogP) is 2.05. The van der Waals surface area contributed by atoms with Gasteiger partial charge in [0.1, 0.15) is 0 Å². The first-order valence-electron chi connectivity index (χ1n) is 5.25. The zero-order chi connectivity index (χ0) is 12.6. The molecule has 17 heavy (non-hydrogen) atoms. The zero-order valence-electron chi connectivity index (χ0n) is 10.0. The fourth-order valence-corrected chi connectivity index (χ4v) is 3.09. The summed E-state index contributed by atoms with van der Waals surface area (Å²) < 4.78 is 25.7. The molecule has 0 amide bonds. The second kappa shape index (κ2) is 4.00. The maximum Gasteiger partial charge on any atom is 0.283 e. The highest BCUT2D eigenvalue weighted by Gasteiger charge is 2.19. The maximum atomic E-state index is 12.3. The van der Waals surface area contributed by atoms with Gasteiger partial charge in [-0.05, 0) is 43.5 Å². The fourth-order valence-electron chi connectivity index (χ4n) is 1.61. The third kappa shape index (κ3) is 2.10. The van der Waals surface area contributed by atoms with Gasteiger partial charge in [-0.3, -0.25) is 0 Å². The van der Waals surface area contributed by atoms with Crippen molar-refractivity contribution in [1.82, 2.24) is 9.19 Å². The van der Waals surface area contributed by atoms with E-state index in [2.05, 4.69) is 5.10 Å². The van der Waals surface area contributed by atoms with Gasteiger partial charge in [-0.1, -0.05) is 12.1 Å². The topological polar surface area (TPSA) is 52.0 Å². The predicted molar refractivity (Wildman–Crippen MR) is 65.5 cm³/mol. The first-order chi connectivity index (χ1) is 7.91. The molecular weight excluding hydrogens is 236 g/mol. The van der Waals surface area contributed by atoms with Crippen molar-refractivity contribution >= 4 is 10.0 Å². The molecule has 4 nitrogen and oxygen atoms in total. The lowest BCUT2D eigenvalue weighted by molar-refractivity contribution is 0.579. The van der Waals surface area contributed by atoms with E-state index in [9.17, 15) is 8.42 Å². The summed E-state index contributed by atoms with van der Waals surface area (Å²) >= 11 is 0. The Balaban J connectivity index is 2.63. The van der Waals surface area contributed by atoms with Gasteiger partial charge in [0.15, 0.2) is 0 Å². The zero-order valence-corrected chi connectivity index (χ0v) is 10.8. The van der Waals surface area contributed by atoms with Crippen molar-refractivity contribution < 1.29 is 8.42 Å². The number of rotatable bonds is 2. The van der Waals surface area contributed by atoms with Crippen LogP contribution in [0, 0.1) is 20.8 Å². The van der Waals surface area contributed by atoms with Gasteiger partial charge in [-0.25, -0.2) is 0 Å². The van der Waals surface area contributed by atoms with Crippen LogP contribution in [0.4, 0.5) is 0 Å². The highest BCUT2D eigenvalue weighted by molar-refractivity contribution is 7.89. The van der Waals surface area contributed by atoms with E-state index in [1.807, 2.05) is 19.9 Å². The summed E-state index contributed by atoms with van der Waals surface area (Å²) in [4.78, 5) is 0.306. The largest absolute Gasteiger partial charge is 0.283 e. The van der Waals surface area contributed by atoms with Crippen LogP contribution < -0.4 is 0 Å². The van der Waals surface area contributed by atoms with E-state index in [-0.39, 0.29) is 0 Å². The van der Waals surface area contributed by atoms with Crippen molar-refractivity contribution in [3.63, 3.8) is 0 Å². The van der Waals surface area contributed by atoms with Gasteiger partial charge in [0.2, 0.25) is 0 Å². The molecule has 0 N–H and O–H groups in total. The number of nitrogens with zero attached hydrogens (tertiary/aromatic N) is 2. The molecular formula is C12H14N2O2S. The van der Waals surface area contributed by atoms with Crippen LogP contribution in [0.1, 0.15) is 16.7 Å². The lowest BCUT2D eigenvalue weighted by Gasteiger charge is -2.08. The Hall–Kier alpha value is -1.62. The molecule has 5 heteroatoms. The monoisotopic (exact) mass is 250 g/mol. The van der Waals surface area contributed by atoms with E-state index in [4.69, 9.17) is 0 Å². The summed E-state index contributed by atoms with van der Waals surface area (Å²) in [6, 6.07) is 5.36. The van der Waals surface area contributed by atoms with Crippen molar-refractivity contribution in [1.29, 1.82) is 0 Å². The van der Waals surface area contributed by atoms with Crippen LogP contribution in [0.3, 0.4) is 0 Å². The number of aryl methyl sites for hydroxylation is 3. The quantitative estimate of drug-likeness (QED) is 0.819. The molecule has 0 aliphatic heterocycles. The molecule has 0 atom stereocenters. The highest BCUT2D eigenvalue weighted by atomic mass is 32.2. The molecule has 0 aliphatic rings. The summed E-state index contributed by atoms with van der Waals surface area (Å²) in [6.07, 6.45) is 3.04. The van der Waals surface area contributed by atoms with Gasteiger partial charge >= 0.3 is 0 Å². The van der Waals surface area contributed by atoms with E-state index >= 15 is 0 Å². The van der Waals surface area contributed by atoms with E-state index < -0.39 is 10.0 Å². The van der Waals surface area contributed by atoms with Crippen LogP contribution in [0.15, 0.2) is 35.5 Å². The minimum atomic E-state index is -3.57. The van der Waals surface area contributed by atoms with Crippen molar-refractivity contribution in [3.05, 3.63) is 47.3 Å². The van der Waals surface area contributed by atoms with Crippen LogP contribution in [-0.2, 0) is 10.0 Å². The SMILES string of the molecule is Cc1ccc(C)c(S(=O)(=O)n2cc(C)cn2)c1. The molecule has 2 aromatic rings. The summed E-state index contributed by atoms with van der Waals surface area (Å²) in [5, 5.41) is 3.86. The molecule has 2 rings (SSSR count). The number of aromatic nitrogens is 2. The molecule has 90 valence electrons.